The summed E-state index contributed by atoms with van der Waals surface area (Å²) in [5.41, 5.74) is 0. The molecule has 0 radical (unpaired) electrons. The Morgan fingerprint density at radius 2 is 1.84 bits per heavy atom. The van der Waals surface area contributed by atoms with Gasteiger partial charge in [0, 0.05) is 19.7 Å². The van der Waals surface area contributed by atoms with Gasteiger partial charge in [-0.2, -0.15) is 0 Å². The summed E-state index contributed by atoms with van der Waals surface area (Å²) in [6.07, 6.45) is 6.86. The largest absolute Gasteiger partial charge is 0.373 e. The lowest BCUT2D eigenvalue weighted by Crippen LogP contribution is -2.16. The third-order valence-electron chi connectivity index (χ3n) is 4.09. The molecule has 4 nitrogen and oxygen atoms in total. The first-order valence-electron chi connectivity index (χ1n) is 7.44. The fourth-order valence-corrected chi connectivity index (χ4v) is 2.81. The van der Waals surface area contributed by atoms with E-state index in [4.69, 9.17) is 0 Å². The SMILES string of the molecule is CNc1cc(NCCC2CCC(C)CC2)nc(C)n1. The third kappa shape index (κ3) is 4.37. The maximum atomic E-state index is 4.41. The number of hydrogen-bond acceptors (Lipinski definition) is 4. The van der Waals surface area contributed by atoms with Crippen LogP contribution in [0.5, 0.6) is 0 Å². The molecule has 0 amide bonds. The Morgan fingerprint density at radius 3 is 2.53 bits per heavy atom. The van der Waals surface area contributed by atoms with Gasteiger partial charge >= 0.3 is 0 Å². The highest BCUT2D eigenvalue weighted by atomic mass is 15.1. The minimum Gasteiger partial charge on any atom is -0.373 e. The molecule has 1 fully saturated rings. The van der Waals surface area contributed by atoms with Crippen LogP contribution < -0.4 is 10.6 Å². The van der Waals surface area contributed by atoms with Gasteiger partial charge in [0.2, 0.25) is 0 Å². The molecule has 0 aromatic carbocycles. The molecule has 2 N–H and O–H groups in total. The van der Waals surface area contributed by atoms with Crippen molar-refractivity contribution in [1.82, 2.24) is 9.97 Å². The number of nitrogens with one attached hydrogen (secondary N) is 2. The molecule has 0 spiro atoms. The predicted octanol–water partition coefficient (Wildman–Crippen LogP) is 3.46. The van der Waals surface area contributed by atoms with Crippen molar-refractivity contribution in [2.75, 3.05) is 24.2 Å². The van der Waals surface area contributed by atoms with Crippen LogP contribution in [0.4, 0.5) is 11.6 Å². The predicted molar refractivity (Wildman–Crippen MR) is 80.5 cm³/mol. The van der Waals surface area contributed by atoms with E-state index in [0.29, 0.717) is 0 Å². The van der Waals surface area contributed by atoms with Gasteiger partial charge in [-0.1, -0.05) is 32.6 Å². The summed E-state index contributed by atoms with van der Waals surface area (Å²) in [5, 5.41) is 6.49. The minimum absolute atomic E-state index is 0.806. The Balaban J connectivity index is 1.77. The van der Waals surface area contributed by atoms with Gasteiger partial charge < -0.3 is 10.6 Å². The van der Waals surface area contributed by atoms with E-state index in [1.165, 1.54) is 32.1 Å². The first-order chi connectivity index (χ1) is 9.17. The zero-order valence-electron chi connectivity index (χ0n) is 12.4. The number of aromatic nitrogens is 2. The van der Waals surface area contributed by atoms with Gasteiger partial charge in [-0.05, 0) is 25.2 Å². The summed E-state index contributed by atoms with van der Waals surface area (Å²) in [6.45, 7) is 5.31. The molecule has 0 saturated heterocycles. The minimum atomic E-state index is 0.806. The smallest absolute Gasteiger partial charge is 0.131 e. The van der Waals surface area contributed by atoms with Gasteiger partial charge in [-0.25, -0.2) is 9.97 Å². The van der Waals surface area contributed by atoms with E-state index in [0.717, 1.165) is 35.8 Å². The summed E-state index contributed by atoms with van der Waals surface area (Å²) in [4.78, 5) is 8.71. The molecule has 0 aliphatic heterocycles. The molecule has 1 aliphatic rings. The Hall–Kier alpha value is -1.32. The van der Waals surface area contributed by atoms with Crippen molar-refractivity contribution in [3.63, 3.8) is 0 Å². The Morgan fingerprint density at radius 1 is 1.16 bits per heavy atom. The monoisotopic (exact) mass is 262 g/mol. The van der Waals surface area contributed by atoms with Crippen LogP contribution in [0.3, 0.4) is 0 Å². The average molecular weight is 262 g/mol. The first kappa shape index (κ1) is 14.1. The normalized spacial score (nSPS) is 23.1. The maximum absolute atomic E-state index is 4.41. The molecule has 19 heavy (non-hydrogen) atoms. The van der Waals surface area contributed by atoms with Crippen LogP contribution in [0.2, 0.25) is 0 Å². The number of rotatable bonds is 5. The summed E-state index contributed by atoms with van der Waals surface area (Å²) in [5.74, 6) is 4.45. The molecule has 1 aromatic heterocycles. The standard InChI is InChI=1S/C15H26N4/c1-11-4-6-13(7-5-11)8-9-17-15-10-14(16-3)18-12(2)19-15/h10-11,13H,4-9H2,1-3H3,(H2,16,17,18,19). The van der Waals surface area contributed by atoms with Crippen LogP contribution in [-0.4, -0.2) is 23.6 Å². The number of hydrogen-bond donors (Lipinski definition) is 2. The Labute approximate surface area is 116 Å². The fraction of sp³-hybridized carbons (Fsp3) is 0.733. The van der Waals surface area contributed by atoms with Crippen LogP contribution in [0.25, 0.3) is 0 Å². The van der Waals surface area contributed by atoms with E-state index >= 15 is 0 Å². The van der Waals surface area contributed by atoms with Gasteiger partial charge in [-0.3, -0.25) is 0 Å². The second kappa shape index (κ2) is 6.73. The second-order valence-electron chi connectivity index (χ2n) is 5.78. The van der Waals surface area contributed by atoms with Gasteiger partial charge in [-0.15, -0.1) is 0 Å². The topological polar surface area (TPSA) is 49.8 Å². The van der Waals surface area contributed by atoms with Gasteiger partial charge in [0.15, 0.2) is 0 Å². The zero-order chi connectivity index (χ0) is 13.7. The molecule has 1 saturated carbocycles. The fourth-order valence-electron chi connectivity index (χ4n) is 2.81. The lowest BCUT2D eigenvalue weighted by Gasteiger charge is -2.26. The van der Waals surface area contributed by atoms with Crippen LogP contribution in [0, 0.1) is 18.8 Å². The van der Waals surface area contributed by atoms with E-state index in [1.807, 2.05) is 20.0 Å². The average Bonchev–Trinajstić information content (AvgIpc) is 2.40. The first-order valence-corrected chi connectivity index (χ1v) is 7.44. The van der Waals surface area contributed by atoms with E-state index in [9.17, 15) is 0 Å². The molecule has 0 bridgehead atoms. The maximum Gasteiger partial charge on any atom is 0.131 e. The van der Waals surface area contributed by atoms with Crippen LogP contribution in [-0.2, 0) is 0 Å². The number of aryl methyl sites for hydroxylation is 1. The van der Waals surface area contributed by atoms with E-state index < -0.39 is 0 Å². The molecular formula is C15H26N4. The zero-order valence-corrected chi connectivity index (χ0v) is 12.4. The Kier molecular flexibility index (Phi) is 5.00. The van der Waals surface area contributed by atoms with Gasteiger partial charge in [0.25, 0.3) is 0 Å². The molecule has 1 aromatic rings. The van der Waals surface area contributed by atoms with Crippen LogP contribution in [0.1, 0.15) is 44.9 Å². The molecule has 2 rings (SSSR count). The lowest BCUT2D eigenvalue weighted by molar-refractivity contribution is 0.282. The van der Waals surface area contributed by atoms with Crippen molar-refractivity contribution in [3.8, 4) is 0 Å². The van der Waals surface area contributed by atoms with Crippen molar-refractivity contribution in [1.29, 1.82) is 0 Å². The Bertz CT molecular complexity index is 397. The molecule has 0 atom stereocenters. The summed E-state index contributed by atoms with van der Waals surface area (Å²) in [7, 11) is 1.88. The lowest BCUT2D eigenvalue weighted by atomic mass is 9.81. The van der Waals surface area contributed by atoms with Crippen LogP contribution >= 0.6 is 0 Å². The summed E-state index contributed by atoms with van der Waals surface area (Å²) >= 11 is 0. The van der Waals surface area contributed by atoms with E-state index in [-0.39, 0.29) is 0 Å². The highest BCUT2D eigenvalue weighted by molar-refractivity contribution is 5.46. The highest BCUT2D eigenvalue weighted by Crippen LogP contribution is 2.30. The molecular weight excluding hydrogens is 236 g/mol. The second-order valence-corrected chi connectivity index (χ2v) is 5.78. The van der Waals surface area contributed by atoms with Crippen molar-refractivity contribution >= 4 is 11.6 Å². The quantitative estimate of drug-likeness (QED) is 0.853. The van der Waals surface area contributed by atoms with Crippen molar-refractivity contribution in [3.05, 3.63) is 11.9 Å². The molecule has 0 unspecified atom stereocenters. The van der Waals surface area contributed by atoms with Crippen molar-refractivity contribution in [2.24, 2.45) is 11.8 Å². The molecule has 106 valence electrons. The number of nitrogens with zero attached hydrogens (tertiary/aromatic N) is 2. The van der Waals surface area contributed by atoms with Crippen molar-refractivity contribution < 1.29 is 0 Å². The van der Waals surface area contributed by atoms with E-state index in [2.05, 4.69) is 27.5 Å². The van der Waals surface area contributed by atoms with Gasteiger partial charge in [0.1, 0.15) is 17.5 Å². The summed E-state index contributed by atoms with van der Waals surface area (Å²) < 4.78 is 0. The van der Waals surface area contributed by atoms with Gasteiger partial charge in [0.05, 0.1) is 0 Å². The highest BCUT2D eigenvalue weighted by Gasteiger charge is 2.17. The summed E-state index contributed by atoms with van der Waals surface area (Å²) in [6, 6.07) is 1.97. The van der Waals surface area contributed by atoms with Crippen molar-refractivity contribution in [2.45, 2.75) is 46.0 Å². The molecule has 4 heteroatoms. The third-order valence-corrected chi connectivity index (χ3v) is 4.09. The molecule has 1 heterocycles. The van der Waals surface area contributed by atoms with E-state index in [1.54, 1.807) is 0 Å². The number of anilines is 2. The van der Waals surface area contributed by atoms with Crippen LogP contribution in [0.15, 0.2) is 6.07 Å². The molecule has 1 aliphatic carbocycles.